The van der Waals surface area contributed by atoms with E-state index in [0.717, 1.165) is 16.0 Å². The number of ketones is 1. The van der Waals surface area contributed by atoms with Crippen molar-refractivity contribution in [3.8, 4) is 0 Å². The molecule has 1 atom stereocenters. The Morgan fingerprint density at radius 2 is 1.91 bits per heavy atom. The van der Waals surface area contributed by atoms with E-state index in [1.807, 2.05) is 12.1 Å². The Labute approximate surface area is 189 Å². The lowest BCUT2D eigenvalue weighted by atomic mass is 10.0. The summed E-state index contributed by atoms with van der Waals surface area (Å²) in [5.41, 5.74) is 2.65. The third-order valence-corrected chi connectivity index (χ3v) is 6.87. The quantitative estimate of drug-likeness (QED) is 0.395. The van der Waals surface area contributed by atoms with Crippen LogP contribution in [0, 0.1) is 0 Å². The largest absolute Gasteiger partial charge is 0.344 e. The van der Waals surface area contributed by atoms with Crippen molar-refractivity contribution in [1.82, 2.24) is 15.5 Å². The van der Waals surface area contributed by atoms with Crippen LogP contribution in [0.2, 0.25) is 0 Å². The van der Waals surface area contributed by atoms with Gasteiger partial charge in [0.2, 0.25) is 17.6 Å². The van der Waals surface area contributed by atoms with Crippen LogP contribution in [0.1, 0.15) is 69.3 Å². The number of rotatable bonds is 6. The van der Waals surface area contributed by atoms with Gasteiger partial charge >= 0.3 is 0 Å². The average Bonchev–Trinajstić information content (AvgIpc) is 3.31. The molecule has 1 aromatic heterocycles. The molecule has 1 unspecified atom stereocenters. The van der Waals surface area contributed by atoms with Crippen LogP contribution in [0.5, 0.6) is 0 Å². The molecule has 2 aliphatic heterocycles. The maximum Gasteiger partial charge on any atom is 0.292 e. The Morgan fingerprint density at radius 1 is 1.19 bits per heavy atom. The maximum atomic E-state index is 12.8. The minimum Gasteiger partial charge on any atom is -0.344 e. The molecule has 4 amide bonds. The molecule has 9 heteroatoms. The lowest BCUT2D eigenvalue weighted by Gasteiger charge is -2.29. The Kier molecular flexibility index (Phi) is 5.92. The lowest BCUT2D eigenvalue weighted by Crippen LogP contribution is -2.52. The predicted octanol–water partition coefficient (Wildman–Crippen LogP) is 2.13. The number of benzene rings is 1. The molecule has 3 heterocycles. The topological polar surface area (TPSA) is 113 Å². The first-order valence-corrected chi connectivity index (χ1v) is 11.3. The molecule has 0 spiro atoms. The summed E-state index contributed by atoms with van der Waals surface area (Å²) in [4.78, 5) is 63.4. The Bertz CT molecular complexity index is 1120. The molecule has 1 fully saturated rings. The number of nitrogens with one attached hydrogen (secondary N) is 2. The third kappa shape index (κ3) is 4.08. The van der Waals surface area contributed by atoms with Crippen molar-refractivity contribution >= 4 is 40.7 Å². The molecule has 0 aliphatic carbocycles. The van der Waals surface area contributed by atoms with Crippen molar-refractivity contribution in [3.05, 3.63) is 56.8 Å². The summed E-state index contributed by atoms with van der Waals surface area (Å²) in [6, 6.07) is 6.29. The molecule has 8 nitrogen and oxygen atoms in total. The molecule has 4 rings (SSSR count). The fourth-order valence-corrected chi connectivity index (χ4v) is 4.92. The molecule has 32 heavy (non-hydrogen) atoms. The van der Waals surface area contributed by atoms with Crippen LogP contribution in [0.4, 0.5) is 0 Å². The van der Waals surface area contributed by atoms with Crippen LogP contribution in [0.15, 0.2) is 29.6 Å². The van der Waals surface area contributed by atoms with Crippen LogP contribution in [0.3, 0.4) is 0 Å². The summed E-state index contributed by atoms with van der Waals surface area (Å²) in [6.45, 7) is 4.45. The molecular weight excluding hydrogens is 430 g/mol. The van der Waals surface area contributed by atoms with Crippen molar-refractivity contribution in [2.45, 2.75) is 51.7 Å². The summed E-state index contributed by atoms with van der Waals surface area (Å²) in [5.74, 6) is -2.06. The highest BCUT2D eigenvalue weighted by atomic mass is 32.1. The fraction of sp³-hybridized carbons (Fsp3) is 0.348. The number of fused-ring (bicyclic) bond motifs is 1. The highest BCUT2D eigenvalue weighted by Crippen LogP contribution is 2.33. The first kappa shape index (κ1) is 21.9. The van der Waals surface area contributed by atoms with Gasteiger partial charge in [-0.2, -0.15) is 0 Å². The average molecular weight is 454 g/mol. The third-order valence-electron chi connectivity index (χ3n) is 5.84. The zero-order valence-electron chi connectivity index (χ0n) is 17.8. The number of hydrogen-bond acceptors (Lipinski definition) is 6. The lowest BCUT2D eigenvalue weighted by molar-refractivity contribution is -0.136. The molecule has 1 saturated heterocycles. The van der Waals surface area contributed by atoms with E-state index in [-0.39, 0.29) is 31.3 Å². The van der Waals surface area contributed by atoms with Gasteiger partial charge in [0.05, 0.1) is 12.1 Å². The Morgan fingerprint density at radius 3 is 2.56 bits per heavy atom. The number of piperidine rings is 1. The van der Waals surface area contributed by atoms with Crippen LogP contribution in [0.25, 0.3) is 0 Å². The van der Waals surface area contributed by atoms with E-state index >= 15 is 0 Å². The van der Waals surface area contributed by atoms with Crippen molar-refractivity contribution in [2.24, 2.45) is 0 Å². The van der Waals surface area contributed by atoms with Crippen LogP contribution in [-0.4, -0.2) is 40.4 Å². The zero-order chi connectivity index (χ0) is 23.0. The zero-order valence-corrected chi connectivity index (χ0v) is 18.6. The van der Waals surface area contributed by atoms with E-state index in [1.54, 1.807) is 17.5 Å². The van der Waals surface area contributed by atoms with Crippen LogP contribution in [-0.2, 0) is 27.5 Å². The van der Waals surface area contributed by atoms with Crippen molar-refractivity contribution in [1.29, 1.82) is 0 Å². The molecule has 2 N–H and O–H groups in total. The van der Waals surface area contributed by atoms with Gasteiger partial charge in [-0.1, -0.05) is 38.1 Å². The summed E-state index contributed by atoms with van der Waals surface area (Å²) in [7, 11) is 0. The molecule has 0 saturated carbocycles. The normalized spacial score (nSPS) is 18.0. The van der Waals surface area contributed by atoms with Gasteiger partial charge in [0.25, 0.3) is 11.8 Å². The second-order valence-corrected chi connectivity index (χ2v) is 9.20. The molecular formula is C23H23N3O5S. The van der Waals surface area contributed by atoms with E-state index in [0.29, 0.717) is 23.5 Å². The second kappa shape index (κ2) is 8.66. The van der Waals surface area contributed by atoms with Gasteiger partial charge in [-0.15, -0.1) is 11.3 Å². The van der Waals surface area contributed by atoms with Gasteiger partial charge in [0.15, 0.2) is 0 Å². The summed E-state index contributed by atoms with van der Waals surface area (Å²) in [6.07, 6.45) is 0.483. The van der Waals surface area contributed by atoms with Gasteiger partial charge in [0.1, 0.15) is 6.04 Å². The van der Waals surface area contributed by atoms with Crippen molar-refractivity contribution in [2.75, 3.05) is 0 Å². The second-order valence-electron chi connectivity index (χ2n) is 8.24. The number of hydrogen-bond donors (Lipinski definition) is 2. The van der Waals surface area contributed by atoms with E-state index in [9.17, 15) is 24.0 Å². The van der Waals surface area contributed by atoms with E-state index < -0.39 is 23.6 Å². The van der Waals surface area contributed by atoms with Gasteiger partial charge in [-0.05, 0) is 23.5 Å². The van der Waals surface area contributed by atoms with E-state index in [2.05, 4.69) is 24.5 Å². The molecule has 166 valence electrons. The van der Waals surface area contributed by atoms with E-state index in [1.165, 1.54) is 16.2 Å². The summed E-state index contributed by atoms with van der Waals surface area (Å²) < 4.78 is 0. The number of thiophene rings is 1. The van der Waals surface area contributed by atoms with E-state index in [4.69, 9.17) is 0 Å². The summed E-state index contributed by atoms with van der Waals surface area (Å²) in [5, 5.41) is 6.62. The fourth-order valence-electron chi connectivity index (χ4n) is 3.94. The first-order valence-electron chi connectivity index (χ1n) is 10.4. The summed E-state index contributed by atoms with van der Waals surface area (Å²) >= 11 is 1.33. The number of nitrogens with zero attached hydrogens (tertiary/aromatic N) is 1. The van der Waals surface area contributed by atoms with Gasteiger partial charge in [0, 0.05) is 28.8 Å². The molecule has 2 aliphatic rings. The van der Waals surface area contributed by atoms with Crippen LogP contribution >= 0.6 is 11.3 Å². The Balaban J connectivity index is 1.40. The van der Waals surface area contributed by atoms with Gasteiger partial charge in [-0.25, -0.2) is 0 Å². The molecule has 0 radical (unpaired) electrons. The van der Waals surface area contributed by atoms with Crippen molar-refractivity contribution < 1.29 is 24.0 Å². The van der Waals surface area contributed by atoms with Gasteiger partial charge in [-0.3, -0.25) is 29.3 Å². The first-order chi connectivity index (χ1) is 15.3. The molecule has 2 aromatic rings. The van der Waals surface area contributed by atoms with Crippen LogP contribution < -0.4 is 10.6 Å². The maximum absolute atomic E-state index is 12.8. The SMILES string of the molecule is CC(C)c1ccc(C(=O)C(=O)NCc2scc3c2CN(C2CCC(=O)NC2=O)C3=O)cc1. The highest BCUT2D eigenvalue weighted by molar-refractivity contribution is 7.10. The minimum absolute atomic E-state index is 0.116. The minimum atomic E-state index is -0.712. The number of carbonyl (C=O) groups is 5. The number of Topliss-reactive ketones (excluding diaryl/α,β-unsaturated/α-hetero) is 1. The number of imide groups is 1. The Hall–Kier alpha value is -3.33. The monoisotopic (exact) mass is 453 g/mol. The predicted molar refractivity (Wildman–Crippen MR) is 117 cm³/mol. The van der Waals surface area contributed by atoms with Crippen molar-refractivity contribution in [3.63, 3.8) is 0 Å². The molecule has 1 aromatic carbocycles. The number of amides is 4. The van der Waals surface area contributed by atoms with Gasteiger partial charge < -0.3 is 10.2 Å². The smallest absolute Gasteiger partial charge is 0.292 e. The standard InChI is InChI=1S/C23H23N3O5S/c1-12(2)13-3-5-14(6-4-13)20(28)22(30)24-9-18-15-10-26(23(31)16(15)11-32-18)17-7-8-19(27)25-21(17)29/h3-6,11-12,17H,7-10H2,1-2H3,(H,24,30)(H,25,27,29). The highest BCUT2D eigenvalue weighted by Gasteiger charge is 2.40. The molecule has 0 bridgehead atoms. The number of carbonyl (C=O) groups excluding carboxylic acids is 5.